The zero-order valence-corrected chi connectivity index (χ0v) is 17.9. The number of ether oxygens (including phenoxy) is 1. The first-order valence-corrected chi connectivity index (χ1v) is 9.87. The van der Waals surface area contributed by atoms with E-state index in [1.54, 1.807) is 36.7 Å². The molecule has 1 aromatic heterocycles. The molecule has 2 amide bonds. The Bertz CT molecular complexity index is 1120. The minimum absolute atomic E-state index is 0.0802. The molecule has 0 spiro atoms. The summed E-state index contributed by atoms with van der Waals surface area (Å²) >= 11 is 6.15. The number of carbonyl (C=O) groups excluding carboxylic acids is 1. The van der Waals surface area contributed by atoms with Gasteiger partial charge in [-0.25, -0.2) is 4.79 Å². The molecule has 31 heavy (non-hydrogen) atoms. The van der Waals surface area contributed by atoms with Crippen LogP contribution < -0.4 is 15.4 Å². The molecule has 0 aliphatic carbocycles. The van der Waals surface area contributed by atoms with Gasteiger partial charge in [0.05, 0.1) is 12.1 Å². The first kappa shape index (κ1) is 22.1. The fourth-order valence-corrected chi connectivity index (χ4v) is 3.41. The number of hydrogen-bond acceptors (Lipinski definition) is 4. The number of nitrogens with zero attached hydrogens (tertiary/aromatic N) is 1. The van der Waals surface area contributed by atoms with Gasteiger partial charge in [0.15, 0.2) is 0 Å². The first-order chi connectivity index (χ1) is 14.9. The molecule has 8 heteroatoms. The van der Waals surface area contributed by atoms with Gasteiger partial charge in [-0.2, -0.15) is 0 Å². The molecule has 0 unspecified atom stereocenters. The number of halogens is 1. The standard InChI is InChI=1S/C23H22ClN3O4/c1-14-5-6-25-13-19(14)17-7-16(12-27-23(29)30)8-18(10-17)22(28)26-11-15-3-4-21(31-2)20(24)9-15/h3-10,13,27H,11-12H2,1-2H3,(H,26,28)(H,29,30). The third kappa shape index (κ3) is 5.73. The maximum Gasteiger partial charge on any atom is 0.404 e. The van der Waals surface area contributed by atoms with Crippen molar-refractivity contribution in [1.82, 2.24) is 15.6 Å². The van der Waals surface area contributed by atoms with Crippen LogP contribution in [0.5, 0.6) is 5.75 Å². The lowest BCUT2D eigenvalue weighted by molar-refractivity contribution is 0.0951. The lowest BCUT2D eigenvalue weighted by atomic mass is 9.97. The second-order valence-electron chi connectivity index (χ2n) is 6.92. The van der Waals surface area contributed by atoms with Gasteiger partial charge in [-0.15, -0.1) is 0 Å². The van der Waals surface area contributed by atoms with Crippen LogP contribution in [0.4, 0.5) is 4.79 Å². The molecule has 7 nitrogen and oxygen atoms in total. The third-order valence-electron chi connectivity index (χ3n) is 4.72. The highest BCUT2D eigenvalue weighted by molar-refractivity contribution is 6.32. The monoisotopic (exact) mass is 439 g/mol. The van der Waals surface area contributed by atoms with Crippen LogP contribution in [0.2, 0.25) is 5.02 Å². The van der Waals surface area contributed by atoms with E-state index in [9.17, 15) is 9.59 Å². The Morgan fingerprint density at radius 2 is 1.84 bits per heavy atom. The minimum Gasteiger partial charge on any atom is -0.495 e. The van der Waals surface area contributed by atoms with E-state index in [0.29, 0.717) is 21.9 Å². The summed E-state index contributed by atoms with van der Waals surface area (Å²) in [5, 5.41) is 14.6. The fourth-order valence-electron chi connectivity index (χ4n) is 3.13. The molecule has 0 saturated carbocycles. The van der Waals surface area contributed by atoms with E-state index in [0.717, 1.165) is 22.3 Å². The van der Waals surface area contributed by atoms with E-state index >= 15 is 0 Å². The van der Waals surface area contributed by atoms with Crippen LogP contribution in [-0.2, 0) is 13.1 Å². The average Bonchev–Trinajstić information content (AvgIpc) is 2.76. The Kier molecular flexibility index (Phi) is 7.10. The van der Waals surface area contributed by atoms with E-state index in [-0.39, 0.29) is 19.0 Å². The second kappa shape index (κ2) is 9.95. The highest BCUT2D eigenvalue weighted by Gasteiger charge is 2.12. The zero-order chi connectivity index (χ0) is 22.4. The van der Waals surface area contributed by atoms with Crippen LogP contribution in [0.1, 0.15) is 27.0 Å². The Labute approximate surface area is 185 Å². The maximum absolute atomic E-state index is 12.9. The highest BCUT2D eigenvalue weighted by atomic mass is 35.5. The summed E-state index contributed by atoms with van der Waals surface area (Å²) in [6.07, 6.45) is 2.29. The van der Waals surface area contributed by atoms with Gasteiger partial charge >= 0.3 is 6.09 Å². The molecule has 3 N–H and O–H groups in total. The predicted molar refractivity (Wildman–Crippen MR) is 118 cm³/mol. The van der Waals surface area contributed by atoms with Crippen molar-refractivity contribution in [2.24, 2.45) is 0 Å². The van der Waals surface area contributed by atoms with Crippen LogP contribution >= 0.6 is 11.6 Å². The van der Waals surface area contributed by atoms with Crippen molar-refractivity contribution in [2.75, 3.05) is 7.11 Å². The Morgan fingerprint density at radius 1 is 1.06 bits per heavy atom. The minimum atomic E-state index is -1.13. The highest BCUT2D eigenvalue weighted by Crippen LogP contribution is 2.26. The molecule has 1 heterocycles. The van der Waals surface area contributed by atoms with E-state index in [4.69, 9.17) is 21.4 Å². The summed E-state index contributed by atoms with van der Waals surface area (Å²) in [5.74, 6) is 0.277. The Balaban J connectivity index is 1.85. The molecule has 2 aromatic carbocycles. The maximum atomic E-state index is 12.9. The molecule has 0 aliphatic rings. The average molecular weight is 440 g/mol. The number of hydrogen-bond donors (Lipinski definition) is 3. The molecule has 0 radical (unpaired) electrons. The van der Waals surface area contributed by atoms with E-state index < -0.39 is 6.09 Å². The predicted octanol–water partition coefficient (Wildman–Crippen LogP) is 4.42. The topological polar surface area (TPSA) is 101 Å². The molecule has 0 aliphatic heterocycles. The lowest BCUT2D eigenvalue weighted by Crippen LogP contribution is -2.24. The van der Waals surface area contributed by atoms with E-state index in [1.165, 1.54) is 7.11 Å². The number of amides is 2. The molecule has 0 bridgehead atoms. The molecule has 3 aromatic rings. The van der Waals surface area contributed by atoms with Crippen LogP contribution in [0.15, 0.2) is 54.9 Å². The van der Waals surface area contributed by atoms with Crippen molar-refractivity contribution in [2.45, 2.75) is 20.0 Å². The second-order valence-corrected chi connectivity index (χ2v) is 7.33. The van der Waals surface area contributed by atoms with Crippen molar-refractivity contribution in [1.29, 1.82) is 0 Å². The third-order valence-corrected chi connectivity index (χ3v) is 5.01. The van der Waals surface area contributed by atoms with Crippen molar-refractivity contribution in [3.8, 4) is 16.9 Å². The quantitative estimate of drug-likeness (QED) is 0.506. The van der Waals surface area contributed by atoms with Crippen LogP contribution in [-0.4, -0.2) is 29.2 Å². The number of carbonyl (C=O) groups is 2. The Morgan fingerprint density at radius 3 is 2.52 bits per heavy atom. The fraction of sp³-hybridized carbons (Fsp3) is 0.174. The molecule has 3 rings (SSSR count). The van der Waals surface area contributed by atoms with Gasteiger partial charge in [-0.3, -0.25) is 9.78 Å². The van der Waals surface area contributed by atoms with E-state index in [2.05, 4.69) is 15.6 Å². The van der Waals surface area contributed by atoms with Crippen molar-refractivity contribution >= 4 is 23.6 Å². The number of carboxylic acid groups (broad SMARTS) is 1. The van der Waals surface area contributed by atoms with Crippen LogP contribution in [0.25, 0.3) is 11.1 Å². The number of rotatable bonds is 7. The summed E-state index contributed by atoms with van der Waals surface area (Å²) in [6, 6.07) is 12.5. The molecular weight excluding hydrogens is 418 g/mol. The van der Waals surface area contributed by atoms with Gasteiger partial charge in [-0.1, -0.05) is 17.7 Å². The number of benzene rings is 2. The molecular formula is C23H22ClN3O4. The van der Waals surface area contributed by atoms with Gasteiger partial charge in [-0.05, 0) is 65.6 Å². The summed E-state index contributed by atoms with van der Waals surface area (Å²) in [4.78, 5) is 27.9. The van der Waals surface area contributed by atoms with Crippen molar-refractivity contribution in [3.63, 3.8) is 0 Å². The first-order valence-electron chi connectivity index (χ1n) is 9.49. The van der Waals surface area contributed by atoms with Crippen LogP contribution in [0.3, 0.4) is 0 Å². The summed E-state index contributed by atoms with van der Waals surface area (Å²) in [7, 11) is 1.54. The zero-order valence-electron chi connectivity index (χ0n) is 17.1. The Hall–Kier alpha value is -3.58. The smallest absolute Gasteiger partial charge is 0.404 e. The van der Waals surface area contributed by atoms with Gasteiger partial charge in [0.25, 0.3) is 5.91 Å². The van der Waals surface area contributed by atoms with Gasteiger partial charge in [0, 0.05) is 36.6 Å². The number of pyridine rings is 1. The number of methoxy groups -OCH3 is 1. The number of nitrogens with one attached hydrogen (secondary N) is 2. The van der Waals surface area contributed by atoms with Gasteiger partial charge in [0.2, 0.25) is 0 Å². The molecule has 160 valence electrons. The van der Waals surface area contributed by atoms with Crippen molar-refractivity contribution < 1.29 is 19.4 Å². The SMILES string of the molecule is COc1ccc(CNC(=O)c2cc(CNC(=O)O)cc(-c3cnccc3C)c2)cc1Cl. The lowest BCUT2D eigenvalue weighted by Gasteiger charge is -2.12. The van der Waals surface area contributed by atoms with Crippen molar-refractivity contribution in [3.05, 3.63) is 82.1 Å². The van der Waals surface area contributed by atoms with E-state index in [1.807, 2.05) is 25.1 Å². The molecule has 0 fully saturated rings. The summed E-state index contributed by atoms with van der Waals surface area (Å²) in [6.45, 7) is 2.31. The largest absolute Gasteiger partial charge is 0.495 e. The van der Waals surface area contributed by atoms with Crippen LogP contribution in [0, 0.1) is 6.92 Å². The normalized spacial score (nSPS) is 10.4. The summed E-state index contributed by atoms with van der Waals surface area (Å²) < 4.78 is 5.14. The van der Waals surface area contributed by atoms with Gasteiger partial charge < -0.3 is 20.5 Å². The summed E-state index contributed by atoms with van der Waals surface area (Å²) in [5.41, 5.74) is 4.57. The molecule has 0 saturated heterocycles. The number of aryl methyl sites for hydroxylation is 1. The van der Waals surface area contributed by atoms with Gasteiger partial charge in [0.1, 0.15) is 5.75 Å². The number of aromatic nitrogens is 1. The molecule has 0 atom stereocenters.